The molecule has 2 N–H and O–H groups in total. The molecule has 2 rings (SSSR count). The lowest BCUT2D eigenvalue weighted by atomic mass is 10.00. The molecular formula is C15H20Cl2N2O2. The van der Waals surface area contributed by atoms with Gasteiger partial charge in [-0.2, -0.15) is 0 Å². The molecule has 0 aromatic heterocycles. The zero-order chi connectivity index (χ0) is 15.8. The van der Waals surface area contributed by atoms with E-state index in [4.69, 9.17) is 33.7 Å². The third-order valence-electron chi connectivity index (χ3n) is 3.33. The summed E-state index contributed by atoms with van der Waals surface area (Å²) in [7, 11) is 0. The maximum Gasteiger partial charge on any atom is 0.410 e. The van der Waals surface area contributed by atoms with E-state index in [1.807, 2.05) is 20.8 Å². The maximum absolute atomic E-state index is 12.3. The molecule has 1 amide bonds. The van der Waals surface area contributed by atoms with Crippen molar-refractivity contribution in [2.45, 2.75) is 45.4 Å². The fourth-order valence-electron chi connectivity index (χ4n) is 2.36. The fraction of sp³-hybridized carbons (Fsp3) is 0.533. The maximum atomic E-state index is 12.3. The molecule has 1 aromatic carbocycles. The monoisotopic (exact) mass is 330 g/mol. The summed E-state index contributed by atoms with van der Waals surface area (Å²) in [5.41, 5.74) is 7.28. The Morgan fingerprint density at radius 1 is 1.33 bits per heavy atom. The van der Waals surface area contributed by atoms with Crippen LogP contribution < -0.4 is 5.73 Å². The number of carbonyl (C=O) groups excluding carboxylic acids is 1. The summed E-state index contributed by atoms with van der Waals surface area (Å²) in [6, 6.07) is 3.23. The minimum Gasteiger partial charge on any atom is -0.444 e. The van der Waals surface area contributed by atoms with Gasteiger partial charge in [0.1, 0.15) is 5.60 Å². The first kappa shape index (κ1) is 16.4. The van der Waals surface area contributed by atoms with Crippen LogP contribution >= 0.6 is 23.2 Å². The van der Waals surface area contributed by atoms with Crippen LogP contribution in [0.3, 0.4) is 0 Å². The summed E-state index contributed by atoms with van der Waals surface area (Å²) in [6.45, 7) is 6.39. The van der Waals surface area contributed by atoms with Gasteiger partial charge >= 0.3 is 6.09 Å². The minimum absolute atomic E-state index is 0.237. The van der Waals surface area contributed by atoms with E-state index in [1.165, 1.54) is 0 Å². The number of ether oxygens (including phenoxy) is 1. The summed E-state index contributed by atoms with van der Waals surface area (Å²) in [6.07, 6.45) is 0.255. The molecule has 0 spiro atoms. The zero-order valence-corrected chi connectivity index (χ0v) is 14.0. The lowest BCUT2D eigenvalue weighted by molar-refractivity contribution is 0.0235. The first-order chi connectivity index (χ1) is 9.69. The van der Waals surface area contributed by atoms with E-state index < -0.39 is 5.60 Å². The molecule has 0 saturated heterocycles. The molecule has 0 aliphatic carbocycles. The lowest BCUT2D eigenvalue weighted by Crippen LogP contribution is -2.36. The Labute approximate surface area is 135 Å². The smallest absolute Gasteiger partial charge is 0.410 e. The quantitative estimate of drug-likeness (QED) is 0.777. The van der Waals surface area contributed by atoms with Crippen LogP contribution in [0.1, 0.15) is 44.4 Å². The summed E-state index contributed by atoms with van der Waals surface area (Å²) >= 11 is 12.5. The number of rotatable bonds is 0. The second-order valence-electron chi connectivity index (χ2n) is 6.22. The molecule has 0 radical (unpaired) electrons. The van der Waals surface area contributed by atoms with Gasteiger partial charge in [0, 0.05) is 22.6 Å². The van der Waals surface area contributed by atoms with Crippen LogP contribution in [0.4, 0.5) is 4.79 Å². The summed E-state index contributed by atoms with van der Waals surface area (Å²) < 4.78 is 5.42. The Balaban J connectivity index is 2.31. The number of fused-ring (bicyclic) bond motifs is 1. The second-order valence-corrected chi connectivity index (χ2v) is 7.03. The number of halogens is 2. The second kappa shape index (κ2) is 6.03. The van der Waals surface area contributed by atoms with E-state index in [0.717, 1.165) is 11.1 Å². The number of benzene rings is 1. The Bertz CT molecular complexity index is 555. The van der Waals surface area contributed by atoms with Gasteiger partial charge in [0.25, 0.3) is 0 Å². The van der Waals surface area contributed by atoms with Crippen LogP contribution in [-0.2, 0) is 11.3 Å². The van der Waals surface area contributed by atoms with Crippen molar-refractivity contribution >= 4 is 29.3 Å². The summed E-state index contributed by atoms with van der Waals surface area (Å²) in [5.74, 6) is 0. The van der Waals surface area contributed by atoms with Crippen molar-refractivity contribution in [3.63, 3.8) is 0 Å². The van der Waals surface area contributed by atoms with Crippen molar-refractivity contribution in [3.8, 4) is 0 Å². The third-order valence-corrected chi connectivity index (χ3v) is 4.01. The topological polar surface area (TPSA) is 55.6 Å². The lowest BCUT2D eigenvalue weighted by Gasteiger charge is -2.26. The fourth-order valence-corrected chi connectivity index (χ4v) is 2.90. The van der Waals surface area contributed by atoms with Crippen LogP contribution in [-0.4, -0.2) is 23.1 Å². The SMILES string of the molecule is CC(C)(C)OC(=O)N1CC[C@H](N)c2c(Cl)ccc(Cl)c2C1. The molecule has 0 fully saturated rings. The van der Waals surface area contributed by atoms with E-state index in [-0.39, 0.29) is 12.1 Å². The van der Waals surface area contributed by atoms with Crippen LogP contribution in [0.15, 0.2) is 12.1 Å². The average Bonchev–Trinajstić information content (AvgIpc) is 2.52. The highest BCUT2D eigenvalue weighted by Gasteiger charge is 2.29. The highest BCUT2D eigenvalue weighted by molar-refractivity contribution is 6.34. The minimum atomic E-state index is -0.535. The van der Waals surface area contributed by atoms with Gasteiger partial charge in [-0.15, -0.1) is 0 Å². The van der Waals surface area contributed by atoms with Crippen molar-refractivity contribution in [3.05, 3.63) is 33.3 Å². The number of hydrogen-bond acceptors (Lipinski definition) is 3. The molecule has 116 valence electrons. The molecule has 1 aromatic rings. The van der Waals surface area contributed by atoms with Crippen LogP contribution in [0.25, 0.3) is 0 Å². The molecular weight excluding hydrogens is 311 g/mol. The van der Waals surface area contributed by atoms with Crippen molar-refractivity contribution in [2.75, 3.05) is 6.54 Å². The number of hydrogen-bond donors (Lipinski definition) is 1. The zero-order valence-electron chi connectivity index (χ0n) is 12.5. The van der Waals surface area contributed by atoms with Gasteiger partial charge in [0.2, 0.25) is 0 Å². The van der Waals surface area contributed by atoms with Gasteiger partial charge in [-0.1, -0.05) is 23.2 Å². The van der Waals surface area contributed by atoms with Gasteiger partial charge in [-0.3, -0.25) is 0 Å². The predicted octanol–water partition coefficient (Wildman–Crippen LogP) is 4.13. The molecule has 0 bridgehead atoms. The molecule has 1 aliphatic rings. The van der Waals surface area contributed by atoms with E-state index in [9.17, 15) is 4.79 Å². The van der Waals surface area contributed by atoms with Crippen molar-refractivity contribution in [1.29, 1.82) is 0 Å². The van der Waals surface area contributed by atoms with Crippen molar-refractivity contribution < 1.29 is 9.53 Å². The van der Waals surface area contributed by atoms with Crippen LogP contribution in [0.5, 0.6) is 0 Å². The number of carbonyl (C=O) groups is 1. The van der Waals surface area contributed by atoms with Crippen molar-refractivity contribution in [1.82, 2.24) is 4.90 Å². The van der Waals surface area contributed by atoms with E-state index in [0.29, 0.717) is 29.6 Å². The molecule has 6 heteroatoms. The normalized spacial score (nSPS) is 19.0. The molecule has 1 aliphatic heterocycles. The standard InChI is InChI=1S/C15H20Cl2N2O2/c1-15(2,3)21-14(20)19-7-6-12(18)13-9(8-19)10(16)4-5-11(13)17/h4-5,12H,6-8,18H2,1-3H3/t12-/m0/s1. The van der Waals surface area contributed by atoms with Gasteiger partial charge in [-0.05, 0) is 50.5 Å². The van der Waals surface area contributed by atoms with E-state index in [1.54, 1.807) is 17.0 Å². The number of amides is 1. The Morgan fingerprint density at radius 3 is 2.57 bits per heavy atom. The van der Waals surface area contributed by atoms with E-state index >= 15 is 0 Å². The van der Waals surface area contributed by atoms with E-state index in [2.05, 4.69) is 0 Å². The Kier molecular flexibility index (Phi) is 4.71. The van der Waals surface area contributed by atoms with Gasteiger partial charge < -0.3 is 15.4 Å². The average molecular weight is 331 g/mol. The first-order valence-electron chi connectivity index (χ1n) is 6.89. The predicted molar refractivity (Wildman–Crippen MR) is 84.7 cm³/mol. The number of nitrogens with zero attached hydrogens (tertiary/aromatic N) is 1. The largest absolute Gasteiger partial charge is 0.444 e. The molecule has 1 heterocycles. The molecule has 1 atom stereocenters. The Hall–Kier alpha value is -0.970. The highest BCUT2D eigenvalue weighted by Crippen LogP contribution is 2.35. The summed E-state index contributed by atoms with van der Waals surface area (Å²) in [5, 5.41) is 1.16. The molecule has 0 unspecified atom stereocenters. The van der Waals surface area contributed by atoms with Gasteiger partial charge in [0.05, 0.1) is 6.54 Å². The van der Waals surface area contributed by atoms with Crippen molar-refractivity contribution in [2.24, 2.45) is 5.73 Å². The third kappa shape index (κ3) is 3.82. The highest BCUT2D eigenvalue weighted by atomic mass is 35.5. The molecule has 0 saturated carbocycles. The molecule has 21 heavy (non-hydrogen) atoms. The number of nitrogens with two attached hydrogens (primary N) is 1. The molecule has 4 nitrogen and oxygen atoms in total. The Morgan fingerprint density at radius 2 is 1.95 bits per heavy atom. The summed E-state index contributed by atoms with van der Waals surface area (Å²) in [4.78, 5) is 13.9. The van der Waals surface area contributed by atoms with Gasteiger partial charge in [-0.25, -0.2) is 4.79 Å². The van der Waals surface area contributed by atoms with Gasteiger partial charge in [0.15, 0.2) is 0 Å². The van der Waals surface area contributed by atoms with Crippen LogP contribution in [0, 0.1) is 0 Å². The first-order valence-corrected chi connectivity index (χ1v) is 7.65. The van der Waals surface area contributed by atoms with Crippen LogP contribution in [0.2, 0.25) is 10.0 Å².